The van der Waals surface area contributed by atoms with Crippen molar-refractivity contribution in [2.45, 2.75) is 45.3 Å². The van der Waals surface area contributed by atoms with Gasteiger partial charge in [-0.1, -0.05) is 0 Å². The van der Waals surface area contributed by atoms with Crippen LogP contribution in [0.3, 0.4) is 0 Å². The van der Waals surface area contributed by atoms with Crippen molar-refractivity contribution in [3.63, 3.8) is 0 Å². The number of fused-ring (bicyclic) bond motifs is 1. The fraction of sp³-hybridized carbons (Fsp3) is 0.474. The highest BCUT2D eigenvalue weighted by Crippen LogP contribution is 2.35. The fourth-order valence-corrected chi connectivity index (χ4v) is 3.41. The van der Waals surface area contributed by atoms with Gasteiger partial charge in [0.25, 0.3) is 5.91 Å². The van der Waals surface area contributed by atoms with Gasteiger partial charge in [-0.2, -0.15) is 5.26 Å². The average Bonchev–Trinajstić information content (AvgIpc) is 3.11. The molecule has 158 valence electrons. The van der Waals surface area contributed by atoms with Crippen LogP contribution in [0, 0.1) is 11.3 Å². The Morgan fingerprint density at radius 2 is 2.17 bits per heavy atom. The van der Waals surface area contributed by atoms with Crippen molar-refractivity contribution in [2.24, 2.45) is 0 Å². The summed E-state index contributed by atoms with van der Waals surface area (Å²) in [5.41, 5.74) is 0.333. The summed E-state index contributed by atoms with van der Waals surface area (Å²) in [6.07, 6.45) is -0.939. The van der Waals surface area contributed by atoms with Gasteiger partial charge < -0.3 is 14.7 Å². The summed E-state index contributed by atoms with van der Waals surface area (Å²) in [7, 11) is 1.58. The van der Waals surface area contributed by atoms with Crippen molar-refractivity contribution in [1.29, 1.82) is 5.26 Å². The molecule has 0 saturated carbocycles. The molecule has 2 aromatic rings. The number of ether oxygens (including phenoxy) is 1. The van der Waals surface area contributed by atoms with Gasteiger partial charge in [0.2, 0.25) is 0 Å². The normalized spacial score (nSPS) is 16.3. The molecule has 1 aromatic heterocycles. The highest BCUT2D eigenvalue weighted by Gasteiger charge is 2.41. The quantitative estimate of drug-likeness (QED) is 0.800. The van der Waals surface area contributed by atoms with Crippen molar-refractivity contribution >= 4 is 17.7 Å². The Kier molecular flexibility index (Phi) is 5.60. The van der Waals surface area contributed by atoms with Crippen LogP contribution in [0.15, 0.2) is 18.2 Å². The Balaban J connectivity index is 1.97. The van der Waals surface area contributed by atoms with Crippen molar-refractivity contribution < 1.29 is 19.4 Å². The van der Waals surface area contributed by atoms with E-state index in [0.717, 1.165) is 4.90 Å². The number of carbonyl (C=O) groups excluding carboxylic acids is 1. The van der Waals surface area contributed by atoms with E-state index in [0.29, 0.717) is 29.4 Å². The first-order valence-electron chi connectivity index (χ1n) is 9.35. The molecule has 0 spiro atoms. The number of nitrogens with zero attached hydrogens (tertiary/aromatic N) is 7. The molecule has 1 atom stereocenters. The summed E-state index contributed by atoms with van der Waals surface area (Å²) in [4.78, 5) is 27.5. The zero-order chi connectivity index (χ0) is 22.1. The molecule has 1 aliphatic rings. The first-order chi connectivity index (χ1) is 14.1. The van der Waals surface area contributed by atoms with Crippen LogP contribution >= 0.6 is 0 Å². The van der Waals surface area contributed by atoms with Gasteiger partial charge in [0.1, 0.15) is 18.4 Å². The summed E-state index contributed by atoms with van der Waals surface area (Å²) in [6, 6.07) is 6.22. The largest absolute Gasteiger partial charge is 0.489 e. The van der Waals surface area contributed by atoms with E-state index in [1.807, 2.05) is 0 Å². The van der Waals surface area contributed by atoms with Crippen LogP contribution in [-0.2, 0) is 11.3 Å². The number of amides is 2. The van der Waals surface area contributed by atoms with Gasteiger partial charge in [-0.05, 0) is 49.4 Å². The summed E-state index contributed by atoms with van der Waals surface area (Å²) < 4.78 is 7.34. The zero-order valence-electron chi connectivity index (χ0n) is 17.2. The lowest BCUT2D eigenvalue weighted by Gasteiger charge is -2.38. The Bertz CT molecular complexity index is 1010. The molecule has 2 heterocycles. The smallest absolute Gasteiger partial charge is 0.408 e. The lowest BCUT2D eigenvalue weighted by Crippen LogP contribution is -2.58. The first kappa shape index (κ1) is 21.0. The Labute approximate surface area is 173 Å². The average molecular weight is 413 g/mol. The lowest BCUT2D eigenvalue weighted by molar-refractivity contribution is -0.125. The third-order valence-electron chi connectivity index (χ3n) is 4.80. The number of aromatic nitrogens is 4. The van der Waals surface area contributed by atoms with Crippen molar-refractivity contribution in [1.82, 2.24) is 25.1 Å². The third kappa shape index (κ3) is 3.89. The number of carbonyl (C=O) groups is 2. The highest BCUT2D eigenvalue weighted by molar-refractivity contribution is 6.00. The van der Waals surface area contributed by atoms with E-state index in [-0.39, 0.29) is 13.0 Å². The predicted molar refractivity (Wildman–Crippen MR) is 106 cm³/mol. The lowest BCUT2D eigenvalue weighted by atomic mass is 10.0. The number of hydrogen-bond donors (Lipinski definition) is 1. The first-order valence-corrected chi connectivity index (χ1v) is 9.35. The molecule has 1 aliphatic heterocycles. The van der Waals surface area contributed by atoms with E-state index in [9.17, 15) is 14.7 Å². The molecule has 0 aliphatic carbocycles. The highest BCUT2D eigenvalue weighted by atomic mass is 16.5. The van der Waals surface area contributed by atoms with Crippen molar-refractivity contribution in [3.05, 3.63) is 18.2 Å². The summed E-state index contributed by atoms with van der Waals surface area (Å²) in [5.74, 6) is 0.510. The minimum absolute atomic E-state index is 0.0982. The molecule has 0 fully saturated rings. The van der Waals surface area contributed by atoms with Crippen LogP contribution < -0.4 is 9.64 Å². The minimum atomic E-state index is -1.19. The van der Waals surface area contributed by atoms with Gasteiger partial charge in [0.15, 0.2) is 5.82 Å². The molecule has 0 saturated heterocycles. The maximum atomic E-state index is 13.2. The second-order valence-electron chi connectivity index (χ2n) is 7.86. The van der Waals surface area contributed by atoms with Crippen molar-refractivity contribution in [2.75, 3.05) is 18.6 Å². The molecule has 1 N–H and O–H groups in total. The molecule has 11 heteroatoms. The number of aryl methyl sites for hydroxylation is 1. The van der Waals surface area contributed by atoms with Crippen LogP contribution in [0.1, 0.15) is 27.2 Å². The molecule has 0 unspecified atom stereocenters. The second kappa shape index (κ2) is 7.98. The number of carboxylic acid groups (broad SMARTS) is 1. The summed E-state index contributed by atoms with van der Waals surface area (Å²) >= 11 is 0. The zero-order valence-corrected chi connectivity index (χ0v) is 17.2. The summed E-state index contributed by atoms with van der Waals surface area (Å²) in [6.45, 7) is 5.42. The van der Waals surface area contributed by atoms with Gasteiger partial charge in [-0.3, -0.25) is 9.69 Å². The van der Waals surface area contributed by atoms with Gasteiger partial charge in [-0.15, -0.1) is 5.10 Å². The van der Waals surface area contributed by atoms with Crippen molar-refractivity contribution in [3.8, 4) is 23.2 Å². The molecule has 30 heavy (non-hydrogen) atoms. The van der Waals surface area contributed by atoms with Gasteiger partial charge >= 0.3 is 6.09 Å². The summed E-state index contributed by atoms with van der Waals surface area (Å²) in [5, 5.41) is 30.1. The predicted octanol–water partition coefficient (Wildman–Crippen LogP) is 1.76. The SMILES string of the molecule is CN1C(=O)[C@@H](N(C(=O)O)C(C)(C)C)COc2ccc(-c3nnnn3CCC#N)cc21. The number of tetrazole rings is 1. The molecule has 11 nitrogen and oxygen atoms in total. The third-order valence-corrected chi connectivity index (χ3v) is 4.80. The number of likely N-dealkylation sites (N-methyl/N-ethyl adjacent to an activating group) is 1. The van der Waals surface area contributed by atoms with E-state index in [2.05, 4.69) is 21.6 Å². The van der Waals surface area contributed by atoms with Crippen LogP contribution in [0.2, 0.25) is 0 Å². The molecular weight excluding hydrogens is 390 g/mol. The van der Waals surface area contributed by atoms with E-state index in [4.69, 9.17) is 10.00 Å². The van der Waals surface area contributed by atoms with Crippen LogP contribution in [0.5, 0.6) is 5.75 Å². The maximum absolute atomic E-state index is 13.2. The Morgan fingerprint density at radius 3 is 2.80 bits per heavy atom. The molecule has 0 radical (unpaired) electrons. The topological polar surface area (TPSA) is 137 Å². The van der Waals surface area contributed by atoms with E-state index in [1.165, 1.54) is 9.58 Å². The Morgan fingerprint density at radius 1 is 1.43 bits per heavy atom. The van der Waals surface area contributed by atoms with Crippen LogP contribution in [0.4, 0.5) is 10.5 Å². The maximum Gasteiger partial charge on any atom is 0.408 e. The number of rotatable bonds is 4. The molecule has 1 aromatic carbocycles. The van der Waals surface area contributed by atoms with E-state index < -0.39 is 23.6 Å². The molecular formula is C19H23N7O4. The van der Waals surface area contributed by atoms with Crippen LogP contribution in [0.25, 0.3) is 11.4 Å². The fourth-order valence-electron chi connectivity index (χ4n) is 3.41. The standard InChI is InChI=1S/C19H23N7O4/c1-19(2,3)26(18(28)29)14-11-30-15-7-6-12(10-13(15)24(4)17(14)27)16-21-22-23-25(16)9-5-8-20/h6-7,10,14H,5,9,11H2,1-4H3,(H,28,29)/t14-/m0/s1. The van der Waals surface area contributed by atoms with Crippen LogP contribution in [-0.4, -0.2) is 67.4 Å². The number of anilines is 1. The molecule has 3 rings (SSSR count). The Hall–Kier alpha value is -3.68. The van der Waals surface area contributed by atoms with Gasteiger partial charge in [-0.25, -0.2) is 9.48 Å². The molecule has 0 bridgehead atoms. The van der Waals surface area contributed by atoms with Gasteiger partial charge in [0, 0.05) is 18.2 Å². The number of hydrogen-bond acceptors (Lipinski definition) is 7. The minimum Gasteiger partial charge on any atom is -0.489 e. The monoisotopic (exact) mass is 413 g/mol. The van der Waals surface area contributed by atoms with E-state index >= 15 is 0 Å². The second-order valence-corrected chi connectivity index (χ2v) is 7.86. The van der Waals surface area contributed by atoms with E-state index in [1.54, 1.807) is 46.0 Å². The number of benzene rings is 1. The van der Waals surface area contributed by atoms with Gasteiger partial charge in [0.05, 0.1) is 24.7 Å². The number of nitriles is 1. The molecule has 2 amide bonds.